The Bertz CT molecular complexity index is 1940. The van der Waals surface area contributed by atoms with E-state index < -0.39 is 17.7 Å². The molecule has 45 heavy (non-hydrogen) atoms. The van der Waals surface area contributed by atoms with E-state index >= 15 is 4.39 Å². The molecule has 1 aliphatic heterocycles. The van der Waals surface area contributed by atoms with Crippen molar-refractivity contribution in [3.05, 3.63) is 95.4 Å². The minimum absolute atomic E-state index is 0. The molecule has 0 radical (unpaired) electrons. The van der Waals surface area contributed by atoms with Crippen LogP contribution >= 0.6 is 11.3 Å². The molecule has 1 unspecified atom stereocenters. The predicted octanol–water partition coefficient (Wildman–Crippen LogP) is 6.55. The Labute approximate surface area is 276 Å². The van der Waals surface area contributed by atoms with E-state index in [0.29, 0.717) is 51.6 Å². The monoisotopic (exact) mass is 710 g/mol. The maximum absolute atomic E-state index is 15.8. The number of thiophene rings is 1. The Balaban J connectivity index is 0.00000400. The summed E-state index contributed by atoms with van der Waals surface area (Å²) >= 11 is 1.39. The summed E-state index contributed by atoms with van der Waals surface area (Å²) in [7, 11) is 0. The van der Waals surface area contributed by atoms with E-state index in [2.05, 4.69) is 27.4 Å². The number of carbonyl (C=O) groups excluding carboxylic acids is 2. The van der Waals surface area contributed by atoms with Crippen LogP contribution in [0.2, 0.25) is 0 Å². The number of H-pyrrole nitrogens is 1. The number of halogens is 2. The maximum atomic E-state index is 15.8. The molecule has 3 N–H and O–H groups in total. The summed E-state index contributed by atoms with van der Waals surface area (Å²) in [6, 6.07) is 10.8. The summed E-state index contributed by atoms with van der Waals surface area (Å²) in [5.41, 5.74) is 4.72. The van der Waals surface area contributed by atoms with Gasteiger partial charge in [0.25, 0.3) is 5.91 Å². The van der Waals surface area contributed by atoms with Crippen molar-refractivity contribution >= 4 is 33.2 Å². The second kappa shape index (κ2) is 13.4. The maximum Gasteiger partial charge on any atom is 0.251 e. The molecule has 230 valence electrons. The van der Waals surface area contributed by atoms with Gasteiger partial charge in [-0.3, -0.25) is 21.1 Å². The van der Waals surface area contributed by atoms with Crippen LogP contribution in [0.5, 0.6) is 5.75 Å². The number of carbonyl (C=O) groups is 2. The summed E-state index contributed by atoms with van der Waals surface area (Å²) in [6.45, 7) is 7.75. The molecule has 5 aromatic rings. The van der Waals surface area contributed by atoms with Gasteiger partial charge in [0, 0.05) is 66.5 Å². The van der Waals surface area contributed by atoms with Crippen LogP contribution in [0, 0.1) is 18.1 Å². The molecule has 0 aliphatic carbocycles. The van der Waals surface area contributed by atoms with Gasteiger partial charge < -0.3 is 15.4 Å². The van der Waals surface area contributed by atoms with Gasteiger partial charge in [-0.15, -0.1) is 11.3 Å². The molecule has 4 heterocycles. The number of benzene rings is 2. The molecule has 0 bridgehead atoms. The zero-order valence-electron chi connectivity index (χ0n) is 24.4. The number of hydrogen-bond donors (Lipinski definition) is 3. The first-order chi connectivity index (χ1) is 21.3. The van der Waals surface area contributed by atoms with E-state index in [-0.39, 0.29) is 50.8 Å². The van der Waals surface area contributed by atoms with Crippen LogP contribution in [0.4, 0.5) is 8.78 Å². The summed E-state index contributed by atoms with van der Waals surface area (Å²) < 4.78 is 36.8. The molecular formula is C33H28F2MoN5O3S-. The Hall–Kier alpha value is -4.21. The number of fused-ring (bicyclic) bond motifs is 2. The van der Waals surface area contributed by atoms with Gasteiger partial charge in [-0.2, -0.15) is 12.0 Å². The van der Waals surface area contributed by atoms with Crippen molar-refractivity contribution in [2.75, 3.05) is 13.2 Å². The van der Waals surface area contributed by atoms with Crippen LogP contribution < -0.4 is 15.4 Å². The molecule has 2 aromatic carbocycles. The van der Waals surface area contributed by atoms with Crippen molar-refractivity contribution in [2.24, 2.45) is 0 Å². The number of amides is 2. The van der Waals surface area contributed by atoms with E-state index in [4.69, 9.17) is 9.72 Å². The van der Waals surface area contributed by atoms with Crippen LogP contribution in [-0.2, 0) is 32.3 Å². The Morgan fingerprint density at radius 2 is 2.02 bits per heavy atom. The predicted molar refractivity (Wildman–Crippen MR) is 166 cm³/mol. The zero-order chi connectivity index (χ0) is 31.0. The number of aromatic amines is 1. The molecule has 0 spiro atoms. The van der Waals surface area contributed by atoms with Gasteiger partial charge in [-0.25, -0.2) is 13.8 Å². The third-order valence-electron chi connectivity index (χ3n) is 7.44. The van der Waals surface area contributed by atoms with Crippen LogP contribution in [0.25, 0.3) is 43.9 Å². The molecule has 8 nitrogen and oxygen atoms in total. The molecule has 1 aliphatic rings. The molecule has 12 heteroatoms. The standard InChI is InChI=1S/C33H28F2N5O3S.Mo/c1-4-11-43-26-15-20(34)14-23(35)28(26)29-31(25-16-24(39-40-25)17(3)37-27(41)5-2)38-30(22-9-12-44-32(22)29)19-6-7-21-18(13-19)8-10-36-33(21)42;/h4-7,9,12-17H,2,8,10-11H2,1,3H3,(H,36,42)(H,37,41)(H,39,40);/q-1;. The smallest absolute Gasteiger partial charge is 0.251 e. The van der Waals surface area contributed by atoms with Crippen molar-refractivity contribution in [3.8, 4) is 39.5 Å². The molecule has 1 atom stereocenters. The van der Waals surface area contributed by atoms with Crippen LogP contribution in [-0.4, -0.2) is 40.1 Å². The van der Waals surface area contributed by atoms with Gasteiger partial charge in [-0.05, 0) is 61.2 Å². The Kier molecular flexibility index (Phi) is 9.60. The molecule has 0 saturated heterocycles. The normalized spacial score (nSPS) is 13.0. The van der Waals surface area contributed by atoms with Gasteiger partial charge in [-0.1, -0.05) is 12.6 Å². The summed E-state index contributed by atoms with van der Waals surface area (Å²) in [5, 5.41) is 15.8. The molecule has 2 amide bonds. The van der Waals surface area contributed by atoms with Crippen molar-refractivity contribution < 1.29 is 44.2 Å². The first kappa shape index (κ1) is 32.2. The van der Waals surface area contributed by atoms with Gasteiger partial charge >= 0.3 is 0 Å². The number of pyridine rings is 1. The molecule has 0 saturated carbocycles. The molecule has 6 rings (SSSR count). The molecule has 3 aromatic heterocycles. The quantitative estimate of drug-likeness (QED) is 0.0915. The fraction of sp³-hybridized carbons (Fsp3) is 0.182. The van der Waals surface area contributed by atoms with Crippen molar-refractivity contribution in [1.82, 2.24) is 25.8 Å². The van der Waals surface area contributed by atoms with E-state index in [9.17, 15) is 14.0 Å². The number of ether oxygens (including phenoxy) is 1. The number of nitrogens with zero attached hydrogens (tertiary/aromatic N) is 2. The fourth-order valence-electron chi connectivity index (χ4n) is 5.35. The third-order valence-corrected chi connectivity index (χ3v) is 8.37. The van der Waals surface area contributed by atoms with Crippen molar-refractivity contribution in [2.45, 2.75) is 26.3 Å². The second-order valence-corrected chi connectivity index (χ2v) is 11.3. The summed E-state index contributed by atoms with van der Waals surface area (Å²) in [6.07, 6.45) is 3.60. The molecular weight excluding hydrogens is 680 g/mol. The SMILES string of the molecule is C=CC(=O)NC(C)c1cc(-c2nc(-c3ccc4c(c3)CCNC4=O)c3ccsc3c2-c2c(F)cc(F)cc2OC[CH-]C)n[nH]1.[Mo]. The largest absolute Gasteiger partial charge is 0.524 e. The van der Waals surface area contributed by atoms with Crippen molar-refractivity contribution in [1.29, 1.82) is 0 Å². The fourth-order valence-corrected chi connectivity index (χ4v) is 6.30. The van der Waals surface area contributed by atoms with Gasteiger partial charge in [0.15, 0.2) is 0 Å². The second-order valence-electron chi connectivity index (χ2n) is 10.3. The van der Waals surface area contributed by atoms with E-state index in [1.165, 1.54) is 17.4 Å². The minimum Gasteiger partial charge on any atom is -0.524 e. The minimum atomic E-state index is -0.802. The van der Waals surface area contributed by atoms with E-state index in [1.807, 2.05) is 23.6 Å². The topological polar surface area (TPSA) is 109 Å². The zero-order valence-corrected chi connectivity index (χ0v) is 27.2. The van der Waals surface area contributed by atoms with Crippen LogP contribution in [0.3, 0.4) is 0 Å². The van der Waals surface area contributed by atoms with E-state index in [1.54, 1.807) is 32.4 Å². The van der Waals surface area contributed by atoms with Gasteiger partial charge in [0.2, 0.25) is 5.91 Å². The Morgan fingerprint density at radius 1 is 1.20 bits per heavy atom. The average molecular weight is 709 g/mol. The first-order valence-corrected chi connectivity index (χ1v) is 14.9. The number of nitrogens with one attached hydrogen (secondary N) is 3. The first-order valence-electron chi connectivity index (χ1n) is 14.0. The van der Waals surface area contributed by atoms with Gasteiger partial charge in [0.05, 0.1) is 23.0 Å². The summed E-state index contributed by atoms with van der Waals surface area (Å²) in [4.78, 5) is 29.4. The van der Waals surface area contributed by atoms with E-state index in [0.717, 1.165) is 28.6 Å². The summed E-state index contributed by atoms with van der Waals surface area (Å²) in [5.74, 6) is -2.00. The Morgan fingerprint density at radius 3 is 2.80 bits per heavy atom. The number of rotatable bonds is 9. The average Bonchev–Trinajstić information content (AvgIpc) is 3.70. The van der Waals surface area contributed by atoms with Crippen LogP contribution in [0.15, 0.2) is 60.5 Å². The van der Waals surface area contributed by atoms with Crippen LogP contribution in [0.1, 0.15) is 41.5 Å². The third kappa shape index (κ3) is 6.19. The number of hydrogen-bond acceptors (Lipinski definition) is 6. The van der Waals surface area contributed by atoms with Crippen molar-refractivity contribution in [3.63, 3.8) is 0 Å². The molecule has 0 fully saturated rings. The number of aromatic nitrogens is 3. The van der Waals surface area contributed by atoms with Gasteiger partial charge in [0.1, 0.15) is 28.8 Å².